The number of rotatable bonds is 5. The van der Waals surface area contributed by atoms with Crippen LogP contribution in [0.2, 0.25) is 0 Å². The molecule has 0 N–H and O–H groups in total. The molecule has 1 rings (SSSR count). The molecule has 0 saturated heterocycles. The van der Waals surface area contributed by atoms with E-state index in [1.165, 1.54) is 12.1 Å². The molecule has 0 spiro atoms. The molecule has 0 aliphatic heterocycles. The second kappa shape index (κ2) is 7.14. The number of thioether (sulfide) groups is 1. The third kappa shape index (κ3) is 3.99. The number of halogens is 2. The molecular formula is C13H17BrFNOS. The van der Waals surface area contributed by atoms with Crippen LogP contribution in [-0.4, -0.2) is 35.9 Å². The van der Waals surface area contributed by atoms with Gasteiger partial charge >= 0.3 is 0 Å². The van der Waals surface area contributed by atoms with Crippen LogP contribution in [0.5, 0.6) is 0 Å². The Morgan fingerprint density at radius 3 is 2.78 bits per heavy atom. The maximum absolute atomic E-state index is 13.7. The standard InChI is InChI=1S/C13H17BrFNOS/c1-9(6-7-18-3)16(2)13(17)11-5-4-10(14)8-12(11)15/h4-5,8-9H,6-7H2,1-3H3. The number of amides is 1. The molecule has 0 fully saturated rings. The van der Waals surface area contributed by atoms with Gasteiger partial charge in [-0.05, 0) is 43.6 Å². The van der Waals surface area contributed by atoms with Crippen LogP contribution in [0, 0.1) is 5.82 Å². The van der Waals surface area contributed by atoms with E-state index in [0.29, 0.717) is 4.47 Å². The summed E-state index contributed by atoms with van der Waals surface area (Å²) in [5.41, 5.74) is 0.122. The maximum Gasteiger partial charge on any atom is 0.256 e. The van der Waals surface area contributed by atoms with Crippen LogP contribution in [0.1, 0.15) is 23.7 Å². The smallest absolute Gasteiger partial charge is 0.256 e. The van der Waals surface area contributed by atoms with Gasteiger partial charge in [0, 0.05) is 17.6 Å². The van der Waals surface area contributed by atoms with Gasteiger partial charge in [0.05, 0.1) is 5.56 Å². The van der Waals surface area contributed by atoms with E-state index in [9.17, 15) is 9.18 Å². The molecular weight excluding hydrogens is 317 g/mol. The summed E-state index contributed by atoms with van der Waals surface area (Å²) < 4.78 is 14.3. The van der Waals surface area contributed by atoms with Crippen LogP contribution in [0.15, 0.2) is 22.7 Å². The average molecular weight is 334 g/mol. The van der Waals surface area contributed by atoms with Gasteiger partial charge in [0.1, 0.15) is 5.82 Å². The molecule has 1 amide bonds. The van der Waals surface area contributed by atoms with Crippen molar-refractivity contribution in [2.45, 2.75) is 19.4 Å². The average Bonchev–Trinajstić information content (AvgIpc) is 2.34. The molecule has 1 atom stereocenters. The van der Waals surface area contributed by atoms with Gasteiger partial charge in [0.25, 0.3) is 5.91 Å². The van der Waals surface area contributed by atoms with Crippen molar-refractivity contribution in [3.05, 3.63) is 34.1 Å². The summed E-state index contributed by atoms with van der Waals surface area (Å²) in [6.07, 6.45) is 2.94. The molecule has 0 saturated carbocycles. The Morgan fingerprint density at radius 2 is 2.22 bits per heavy atom. The molecule has 0 heterocycles. The Labute approximate surface area is 120 Å². The third-order valence-corrected chi connectivity index (χ3v) is 4.02. The number of benzene rings is 1. The Morgan fingerprint density at radius 1 is 1.56 bits per heavy atom. The maximum atomic E-state index is 13.7. The van der Waals surface area contributed by atoms with Crippen molar-refractivity contribution in [2.75, 3.05) is 19.1 Å². The highest BCUT2D eigenvalue weighted by Gasteiger charge is 2.20. The van der Waals surface area contributed by atoms with E-state index >= 15 is 0 Å². The topological polar surface area (TPSA) is 20.3 Å². The van der Waals surface area contributed by atoms with Crippen molar-refractivity contribution in [1.29, 1.82) is 0 Å². The number of hydrogen-bond acceptors (Lipinski definition) is 2. The minimum absolute atomic E-state index is 0.105. The van der Waals surface area contributed by atoms with E-state index < -0.39 is 5.82 Å². The Bertz CT molecular complexity index is 427. The molecule has 2 nitrogen and oxygen atoms in total. The Kier molecular flexibility index (Phi) is 6.15. The quantitative estimate of drug-likeness (QED) is 0.816. The Balaban J connectivity index is 2.79. The lowest BCUT2D eigenvalue weighted by Gasteiger charge is -2.25. The first-order valence-corrected chi connectivity index (χ1v) is 7.87. The minimum Gasteiger partial charge on any atom is -0.339 e. The van der Waals surface area contributed by atoms with E-state index in [4.69, 9.17) is 0 Å². The summed E-state index contributed by atoms with van der Waals surface area (Å²) in [6, 6.07) is 4.61. The molecule has 1 unspecified atom stereocenters. The lowest BCUT2D eigenvalue weighted by atomic mass is 10.1. The van der Waals surface area contributed by atoms with Crippen molar-refractivity contribution in [3.63, 3.8) is 0 Å². The van der Waals surface area contributed by atoms with E-state index in [0.717, 1.165) is 12.2 Å². The molecule has 0 aliphatic rings. The minimum atomic E-state index is -0.488. The summed E-state index contributed by atoms with van der Waals surface area (Å²) >= 11 is 4.92. The van der Waals surface area contributed by atoms with Crippen molar-refractivity contribution >= 4 is 33.6 Å². The zero-order valence-corrected chi connectivity index (χ0v) is 13.1. The van der Waals surface area contributed by atoms with Gasteiger partial charge in [-0.15, -0.1) is 0 Å². The highest BCUT2D eigenvalue weighted by molar-refractivity contribution is 9.10. The monoisotopic (exact) mass is 333 g/mol. The summed E-state index contributed by atoms with van der Waals surface area (Å²) in [5.74, 6) is 0.230. The van der Waals surface area contributed by atoms with Gasteiger partial charge in [-0.25, -0.2) is 4.39 Å². The number of carbonyl (C=O) groups is 1. The summed E-state index contributed by atoms with van der Waals surface area (Å²) in [5, 5.41) is 0. The Hall–Kier alpha value is -0.550. The van der Waals surface area contributed by atoms with Crippen molar-refractivity contribution < 1.29 is 9.18 Å². The number of hydrogen-bond donors (Lipinski definition) is 0. The van der Waals surface area contributed by atoms with Gasteiger partial charge in [0.2, 0.25) is 0 Å². The van der Waals surface area contributed by atoms with E-state index in [2.05, 4.69) is 15.9 Å². The highest BCUT2D eigenvalue weighted by atomic mass is 79.9. The predicted molar refractivity (Wildman–Crippen MR) is 78.7 cm³/mol. The predicted octanol–water partition coefficient (Wildman–Crippen LogP) is 3.80. The second-order valence-electron chi connectivity index (χ2n) is 4.17. The molecule has 0 aliphatic carbocycles. The zero-order chi connectivity index (χ0) is 13.7. The van der Waals surface area contributed by atoms with Gasteiger partial charge in [-0.2, -0.15) is 11.8 Å². The van der Waals surface area contributed by atoms with Crippen LogP contribution in [0.25, 0.3) is 0 Å². The lowest BCUT2D eigenvalue weighted by molar-refractivity contribution is 0.0736. The zero-order valence-electron chi connectivity index (χ0n) is 10.7. The molecule has 100 valence electrons. The van der Waals surface area contributed by atoms with E-state index in [1.807, 2.05) is 13.2 Å². The number of nitrogens with zero attached hydrogens (tertiary/aromatic N) is 1. The van der Waals surface area contributed by atoms with Gasteiger partial charge in [-0.3, -0.25) is 4.79 Å². The van der Waals surface area contributed by atoms with Crippen LogP contribution in [0.3, 0.4) is 0 Å². The molecule has 1 aromatic rings. The fourth-order valence-electron chi connectivity index (χ4n) is 1.54. The van der Waals surface area contributed by atoms with E-state index in [1.54, 1.807) is 29.8 Å². The normalized spacial score (nSPS) is 12.3. The first kappa shape index (κ1) is 15.5. The third-order valence-electron chi connectivity index (χ3n) is 2.88. The lowest BCUT2D eigenvalue weighted by Crippen LogP contribution is -2.35. The summed E-state index contributed by atoms with van der Waals surface area (Å²) in [7, 11) is 1.72. The molecule has 18 heavy (non-hydrogen) atoms. The molecule has 1 aromatic carbocycles. The molecule has 0 bridgehead atoms. The van der Waals surface area contributed by atoms with Crippen LogP contribution >= 0.6 is 27.7 Å². The summed E-state index contributed by atoms with van der Waals surface area (Å²) in [6.45, 7) is 1.98. The molecule has 0 radical (unpaired) electrons. The first-order chi connectivity index (χ1) is 8.47. The first-order valence-electron chi connectivity index (χ1n) is 5.68. The van der Waals surface area contributed by atoms with Gasteiger partial charge in [-0.1, -0.05) is 15.9 Å². The van der Waals surface area contributed by atoms with Crippen molar-refractivity contribution in [3.8, 4) is 0 Å². The molecule has 5 heteroatoms. The van der Waals surface area contributed by atoms with E-state index in [-0.39, 0.29) is 17.5 Å². The highest BCUT2D eigenvalue weighted by Crippen LogP contribution is 2.18. The largest absolute Gasteiger partial charge is 0.339 e. The second-order valence-corrected chi connectivity index (χ2v) is 6.07. The van der Waals surface area contributed by atoms with Crippen LogP contribution < -0.4 is 0 Å². The summed E-state index contributed by atoms with van der Waals surface area (Å²) in [4.78, 5) is 13.7. The SMILES string of the molecule is CSCCC(C)N(C)C(=O)c1ccc(Br)cc1F. The van der Waals surface area contributed by atoms with Crippen LogP contribution in [0.4, 0.5) is 4.39 Å². The van der Waals surface area contributed by atoms with Crippen molar-refractivity contribution in [1.82, 2.24) is 4.90 Å². The van der Waals surface area contributed by atoms with Crippen LogP contribution in [-0.2, 0) is 0 Å². The van der Waals surface area contributed by atoms with Gasteiger partial charge < -0.3 is 4.90 Å². The fraction of sp³-hybridized carbons (Fsp3) is 0.462. The number of carbonyl (C=O) groups excluding carboxylic acids is 1. The van der Waals surface area contributed by atoms with Gasteiger partial charge in [0.15, 0.2) is 0 Å². The molecule has 0 aromatic heterocycles. The fourth-order valence-corrected chi connectivity index (χ4v) is 2.45. The van der Waals surface area contributed by atoms with Crippen molar-refractivity contribution in [2.24, 2.45) is 0 Å².